The fourth-order valence-electron chi connectivity index (χ4n) is 5.63. The van der Waals surface area contributed by atoms with E-state index in [9.17, 15) is 0 Å². The molecule has 0 aliphatic heterocycles. The number of fused-ring (bicyclic) bond motifs is 3. The summed E-state index contributed by atoms with van der Waals surface area (Å²) in [6.07, 6.45) is 22.7. The van der Waals surface area contributed by atoms with Crippen molar-refractivity contribution in [3.63, 3.8) is 0 Å². The van der Waals surface area contributed by atoms with Gasteiger partial charge in [0, 0.05) is 5.92 Å². The van der Waals surface area contributed by atoms with Gasteiger partial charge in [-0.25, -0.2) is 0 Å². The lowest BCUT2D eigenvalue weighted by Crippen LogP contribution is -2.40. The molecule has 4 aliphatic rings. The Kier molecular flexibility index (Phi) is 4.57. The molecule has 0 amide bonds. The Hall–Kier alpha value is -3.06. The molecule has 2 aromatic rings. The average molecular weight is 396 g/mol. The van der Waals surface area contributed by atoms with E-state index in [0.29, 0.717) is 5.92 Å². The van der Waals surface area contributed by atoms with Crippen LogP contribution in [0.4, 0.5) is 0 Å². The second kappa shape index (κ2) is 7.57. The van der Waals surface area contributed by atoms with Gasteiger partial charge in [0.1, 0.15) is 7.85 Å². The van der Waals surface area contributed by atoms with Crippen molar-refractivity contribution in [1.29, 1.82) is 0 Å². The summed E-state index contributed by atoms with van der Waals surface area (Å²) in [5, 5.41) is 2.52. The standard InChI is InChI=1S/C30H25B/c31-30-27-11-5-3-9-25(27)29(26-10-4-6-12-28(26)30)22-16-13-21(14-17-22)24-18-15-20-7-1-2-8-23(20)19-24/h1,3-7,9-13,15-16,18-19,25,27H,2,8,14,17H2. The summed E-state index contributed by atoms with van der Waals surface area (Å²) >= 11 is 0. The lowest BCUT2D eigenvalue weighted by Gasteiger charge is -2.34. The molecule has 0 bridgehead atoms. The molecule has 2 radical (unpaired) electrons. The van der Waals surface area contributed by atoms with E-state index in [4.69, 9.17) is 7.85 Å². The highest BCUT2D eigenvalue weighted by atomic mass is 14.3. The van der Waals surface area contributed by atoms with E-state index >= 15 is 0 Å². The zero-order valence-electron chi connectivity index (χ0n) is 17.7. The molecule has 4 aliphatic carbocycles. The van der Waals surface area contributed by atoms with Gasteiger partial charge < -0.3 is 0 Å². The van der Waals surface area contributed by atoms with Crippen molar-refractivity contribution in [2.45, 2.75) is 25.7 Å². The molecule has 0 saturated heterocycles. The monoisotopic (exact) mass is 396 g/mol. The van der Waals surface area contributed by atoms with Gasteiger partial charge in [-0.15, -0.1) is 5.47 Å². The van der Waals surface area contributed by atoms with Gasteiger partial charge in [-0.1, -0.05) is 91.1 Å². The Bertz CT molecular complexity index is 1340. The lowest BCUT2D eigenvalue weighted by atomic mass is 9.65. The second-order valence-electron chi connectivity index (χ2n) is 8.97. The molecular weight excluding hydrogens is 371 g/mol. The molecule has 0 fully saturated rings. The molecular formula is C30H25B. The van der Waals surface area contributed by atoms with Gasteiger partial charge >= 0.3 is 0 Å². The minimum absolute atomic E-state index is 0.259. The van der Waals surface area contributed by atoms with Crippen molar-refractivity contribution in [3.05, 3.63) is 118 Å². The lowest BCUT2D eigenvalue weighted by molar-refractivity contribution is 0.690. The first-order valence-corrected chi connectivity index (χ1v) is 11.4. The van der Waals surface area contributed by atoms with Crippen molar-refractivity contribution < 1.29 is 0 Å². The molecule has 1 heteroatoms. The van der Waals surface area contributed by atoms with Crippen LogP contribution in [0.5, 0.6) is 0 Å². The number of rotatable bonds is 2. The Morgan fingerprint density at radius 3 is 2.39 bits per heavy atom. The van der Waals surface area contributed by atoms with Crippen LogP contribution >= 0.6 is 0 Å². The third kappa shape index (κ3) is 3.15. The predicted molar refractivity (Wildman–Crippen MR) is 133 cm³/mol. The molecule has 0 aromatic heterocycles. The highest BCUT2D eigenvalue weighted by Gasteiger charge is 2.30. The van der Waals surface area contributed by atoms with Gasteiger partial charge in [-0.2, -0.15) is 0 Å². The zero-order chi connectivity index (χ0) is 20.8. The van der Waals surface area contributed by atoms with E-state index < -0.39 is 0 Å². The Morgan fingerprint density at radius 2 is 1.55 bits per heavy atom. The first-order valence-electron chi connectivity index (χ1n) is 11.4. The summed E-state index contributed by atoms with van der Waals surface area (Å²) < 4.78 is 0. The van der Waals surface area contributed by atoms with Gasteiger partial charge in [0.05, 0.1) is 0 Å². The van der Waals surface area contributed by atoms with E-state index in [1.807, 2.05) is 0 Å². The van der Waals surface area contributed by atoms with Crippen LogP contribution in [0, 0.1) is 11.8 Å². The van der Waals surface area contributed by atoms with Crippen LogP contribution in [0.1, 0.15) is 36.0 Å². The molecule has 148 valence electrons. The van der Waals surface area contributed by atoms with Gasteiger partial charge in [0.2, 0.25) is 0 Å². The van der Waals surface area contributed by atoms with Crippen LogP contribution in [0.25, 0.3) is 22.7 Å². The molecule has 31 heavy (non-hydrogen) atoms. The molecule has 0 heterocycles. The highest BCUT2D eigenvalue weighted by molar-refractivity contribution is 6.39. The number of hydrogen-bond acceptors (Lipinski definition) is 0. The fourth-order valence-corrected chi connectivity index (χ4v) is 5.63. The van der Waals surface area contributed by atoms with Crippen LogP contribution in [-0.4, -0.2) is 7.85 Å². The summed E-state index contributed by atoms with van der Waals surface area (Å²) in [5.74, 6) is 0.589. The number of allylic oxidation sites excluding steroid dienone is 9. The van der Waals surface area contributed by atoms with Crippen molar-refractivity contribution in [2.24, 2.45) is 11.8 Å². The Balaban J connectivity index is 1.45. The van der Waals surface area contributed by atoms with Gasteiger partial charge in [0.15, 0.2) is 0 Å². The normalized spacial score (nSPS) is 23.6. The van der Waals surface area contributed by atoms with Crippen LogP contribution in [0.3, 0.4) is 0 Å². The van der Waals surface area contributed by atoms with Crippen LogP contribution < -0.4 is 10.4 Å². The topological polar surface area (TPSA) is 0 Å². The SMILES string of the molecule is [B]C1=c2ccccc2=C(C2=CC=C(c3ccc4c(c3)CCC=C4)CC2)C2C=CC=CC12. The maximum Gasteiger partial charge on any atom is 0.109 e. The molecule has 2 atom stereocenters. The first kappa shape index (κ1) is 18.7. The summed E-state index contributed by atoms with van der Waals surface area (Å²) in [6.45, 7) is 0. The molecule has 2 aromatic carbocycles. The third-order valence-corrected chi connectivity index (χ3v) is 7.24. The molecule has 6 rings (SSSR count). The fraction of sp³-hybridized carbons (Fsp3) is 0.200. The predicted octanol–water partition coefficient (Wildman–Crippen LogP) is 5.25. The maximum absolute atomic E-state index is 6.63. The molecule has 0 saturated carbocycles. The molecule has 2 unspecified atom stereocenters. The highest BCUT2D eigenvalue weighted by Crippen LogP contribution is 2.40. The second-order valence-corrected chi connectivity index (χ2v) is 8.97. The third-order valence-electron chi connectivity index (χ3n) is 7.24. The van der Waals surface area contributed by atoms with Gasteiger partial charge in [-0.3, -0.25) is 0 Å². The first-order chi connectivity index (χ1) is 15.3. The molecule has 0 nitrogen and oxygen atoms in total. The largest absolute Gasteiger partial charge is 0.109 e. The maximum atomic E-state index is 6.63. The summed E-state index contributed by atoms with van der Waals surface area (Å²) in [6, 6.07) is 15.7. The van der Waals surface area contributed by atoms with E-state index in [-0.39, 0.29) is 5.92 Å². The van der Waals surface area contributed by atoms with Crippen LogP contribution in [0.15, 0.2) is 90.6 Å². The quantitative estimate of drug-likeness (QED) is 0.609. The van der Waals surface area contributed by atoms with E-state index in [0.717, 1.165) is 31.2 Å². The molecule has 0 N–H and O–H groups in total. The van der Waals surface area contributed by atoms with E-state index in [2.05, 4.69) is 91.1 Å². The summed E-state index contributed by atoms with van der Waals surface area (Å²) in [5.41, 5.74) is 9.62. The van der Waals surface area contributed by atoms with Crippen molar-refractivity contribution in [2.75, 3.05) is 0 Å². The van der Waals surface area contributed by atoms with Crippen molar-refractivity contribution in [1.82, 2.24) is 0 Å². The summed E-state index contributed by atoms with van der Waals surface area (Å²) in [4.78, 5) is 0. The minimum atomic E-state index is 0.259. The van der Waals surface area contributed by atoms with Gasteiger partial charge in [0.25, 0.3) is 0 Å². The minimum Gasteiger partial charge on any atom is -0.102 e. The zero-order valence-corrected chi connectivity index (χ0v) is 17.7. The Labute approximate surface area is 185 Å². The number of hydrogen-bond donors (Lipinski definition) is 0. The van der Waals surface area contributed by atoms with E-state index in [1.54, 1.807) is 0 Å². The average Bonchev–Trinajstić information content (AvgIpc) is 2.84. The Morgan fingerprint density at radius 1 is 0.774 bits per heavy atom. The molecule has 0 spiro atoms. The van der Waals surface area contributed by atoms with Crippen molar-refractivity contribution in [3.8, 4) is 0 Å². The number of benzene rings is 2. The van der Waals surface area contributed by atoms with Crippen LogP contribution in [0.2, 0.25) is 0 Å². The van der Waals surface area contributed by atoms with Gasteiger partial charge in [-0.05, 0) is 75.4 Å². The van der Waals surface area contributed by atoms with E-state index in [1.165, 1.54) is 43.8 Å². The number of aryl methyl sites for hydroxylation is 1. The van der Waals surface area contributed by atoms with Crippen LogP contribution in [-0.2, 0) is 6.42 Å². The summed E-state index contributed by atoms with van der Waals surface area (Å²) in [7, 11) is 6.63. The van der Waals surface area contributed by atoms with Crippen molar-refractivity contribution >= 4 is 30.5 Å². The smallest absolute Gasteiger partial charge is 0.102 e.